The highest BCUT2D eigenvalue weighted by Gasteiger charge is 2.13. The molecular formula is C20H12F3I. The second kappa shape index (κ2) is 6.81. The standard InChI is InChI=1S/C20H12F3I/c1-2-12-3-5-13(6-4-12)14-7-8-16(17(21)9-14)15-10-18(22)20(24)19(23)11-15/h2-11H,1H2. The minimum Gasteiger partial charge on any atom is -0.206 e. The molecule has 0 atom stereocenters. The molecule has 120 valence electrons. The van der Waals surface area contributed by atoms with Gasteiger partial charge in [0.15, 0.2) is 0 Å². The van der Waals surface area contributed by atoms with Gasteiger partial charge in [-0.05, 0) is 63.0 Å². The first-order valence-electron chi connectivity index (χ1n) is 7.17. The van der Waals surface area contributed by atoms with E-state index in [0.717, 1.165) is 23.3 Å². The zero-order chi connectivity index (χ0) is 17.3. The van der Waals surface area contributed by atoms with Gasteiger partial charge in [0, 0.05) is 5.56 Å². The first-order chi connectivity index (χ1) is 11.5. The topological polar surface area (TPSA) is 0 Å². The molecule has 0 saturated heterocycles. The predicted octanol–water partition coefficient (Wildman–Crippen LogP) is 6.69. The quantitative estimate of drug-likeness (QED) is 0.317. The third-order valence-electron chi connectivity index (χ3n) is 3.74. The predicted molar refractivity (Wildman–Crippen MR) is 100.0 cm³/mol. The Hall–Kier alpha value is -2.08. The van der Waals surface area contributed by atoms with Crippen LogP contribution in [0.2, 0.25) is 0 Å². The number of rotatable bonds is 3. The van der Waals surface area contributed by atoms with Crippen molar-refractivity contribution in [3.8, 4) is 22.3 Å². The normalized spacial score (nSPS) is 10.7. The van der Waals surface area contributed by atoms with Crippen molar-refractivity contribution in [2.75, 3.05) is 0 Å². The molecular weight excluding hydrogens is 424 g/mol. The van der Waals surface area contributed by atoms with Crippen molar-refractivity contribution in [3.05, 3.63) is 87.8 Å². The van der Waals surface area contributed by atoms with E-state index in [4.69, 9.17) is 0 Å². The summed E-state index contributed by atoms with van der Waals surface area (Å²) in [4.78, 5) is 0. The van der Waals surface area contributed by atoms with E-state index < -0.39 is 17.5 Å². The van der Waals surface area contributed by atoms with Crippen LogP contribution in [0.5, 0.6) is 0 Å². The Kier molecular flexibility index (Phi) is 4.76. The van der Waals surface area contributed by atoms with E-state index in [9.17, 15) is 13.2 Å². The van der Waals surface area contributed by atoms with Gasteiger partial charge < -0.3 is 0 Å². The highest BCUT2D eigenvalue weighted by Crippen LogP contribution is 2.30. The Morgan fingerprint density at radius 1 is 0.708 bits per heavy atom. The van der Waals surface area contributed by atoms with Crippen molar-refractivity contribution >= 4 is 28.7 Å². The Labute approximate surface area is 151 Å². The van der Waals surface area contributed by atoms with Crippen LogP contribution < -0.4 is 0 Å². The van der Waals surface area contributed by atoms with E-state index in [1.807, 2.05) is 24.3 Å². The first kappa shape index (κ1) is 16.8. The van der Waals surface area contributed by atoms with Crippen LogP contribution in [-0.4, -0.2) is 0 Å². The minimum atomic E-state index is -0.700. The van der Waals surface area contributed by atoms with Crippen LogP contribution in [0.15, 0.2) is 61.2 Å². The van der Waals surface area contributed by atoms with Crippen molar-refractivity contribution in [3.63, 3.8) is 0 Å². The fraction of sp³-hybridized carbons (Fsp3) is 0. The van der Waals surface area contributed by atoms with Crippen LogP contribution in [0.4, 0.5) is 13.2 Å². The van der Waals surface area contributed by atoms with Crippen LogP contribution in [0.3, 0.4) is 0 Å². The number of hydrogen-bond acceptors (Lipinski definition) is 0. The van der Waals surface area contributed by atoms with Crippen LogP contribution in [0, 0.1) is 21.0 Å². The van der Waals surface area contributed by atoms with Gasteiger partial charge in [0.25, 0.3) is 0 Å². The summed E-state index contributed by atoms with van der Waals surface area (Å²) in [6.07, 6.45) is 1.73. The molecule has 3 aromatic carbocycles. The minimum absolute atomic E-state index is 0.101. The number of benzene rings is 3. The summed E-state index contributed by atoms with van der Waals surface area (Å²) >= 11 is 1.58. The molecule has 24 heavy (non-hydrogen) atoms. The lowest BCUT2D eigenvalue weighted by atomic mass is 9.99. The van der Waals surface area contributed by atoms with Crippen LogP contribution in [0.1, 0.15) is 5.56 Å². The smallest absolute Gasteiger partial charge is 0.140 e. The summed E-state index contributed by atoms with van der Waals surface area (Å²) in [5.74, 6) is -1.93. The fourth-order valence-corrected chi connectivity index (χ4v) is 2.76. The van der Waals surface area contributed by atoms with Gasteiger partial charge in [0.1, 0.15) is 17.5 Å². The average molecular weight is 436 g/mol. The SMILES string of the molecule is C=Cc1ccc(-c2ccc(-c3cc(F)c(I)c(F)c3)c(F)c2)cc1. The van der Waals surface area contributed by atoms with Crippen molar-refractivity contribution in [1.29, 1.82) is 0 Å². The molecule has 0 heterocycles. The van der Waals surface area contributed by atoms with Gasteiger partial charge in [-0.25, -0.2) is 13.2 Å². The molecule has 0 spiro atoms. The molecule has 3 rings (SSSR count). The van der Waals surface area contributed by atoms with Crippen LogP contribution in [0.25, 0.3) is 28.3 Å². The lowest BCUT2D eigenvalue weighted by Crippen LogP contribution is -1.93. The monoisotopic (exact) mass is 436 g/mol. The van der Waals surface area contributed by atoms with E-state index in [-0.39, 0.29) is 14.7 Å². The van der Waals surface area contributed by atoms with Gasteiger partial charge in [-0.2, -0.15) is 0 Å². The zero-order valence-corrected chi connectivity index (χ0v) is 14.6. The molecule has 0 radical (unpaired) electrons. The average Bonchev–Trinajstić information content (AvgIpc) is 2.59. The molecule has 0 bridgehead atoms. The molecule has 0 aromatic heterocycles. The van der Waals surface area contributed by atoms with Gasteiger partial charge in [0.2, 0.25) is 0 Å². The molecule has 0 amide bonds. The highest BCUT2D eigenvalue weighted by molar-refractivity contribution is 14.1. The zero-order valence-electron chi connectivity index (χ0n) is 12.5. The van der Waals surface area contributed by atoms with E-state index in [1.165, 1.54) is 12.1 Å². The summed E-state index contributed by atoms with van der Waals surface area (Å²) in [7, 11) is 0. The molecule has 0 N–H and O–H groups in total. The second-order valence-corrected chi connectivity index (χ2v) is 6.35. The second-order valence-electron chi connectivity index (χ2n) is 5.27. The molecule has 0 aliphatic rings. The van der Waals surface area contributed by atoms with E-state index in [0.29, 0.717) is 5.56 Å². The van der Waals surface area contributed by atoms with Gasteiger partial charge in [-0.1, -0.05) is 49.1 Å². The van der Waals surface area contributed by atoms with Crippen molar-refractivity contribution in [1.82, 2.24) is 0 Å². The molecule has 3 aromatic rings. The maximum atomic E-state index is 14.5. The highest BCUT2D eigenvalue weighted by atomic mass is 127. The van der Waals surface area contributed by atoms with Gasteiger partial charge >= 0.3 is 0 Å². The van der Waals surface area contributed by atoms with Gasteiger partial charge in [0.05, 0.1) is 3.57 Å². The van der Waals surface area contributed by atoms with Gasteiger partial charge in [-0.3, -0.25) is 0 Å². The summed E-state index contributed by atoms with van der Waals surface area (Å²) in [6.45, 7) is 3.69. The third kappa shape index (κ3) is 3.24. The summed E-state index contributed by atoms with van der Waals surface area (Å²) < 4.78 is 41.8. The molecule has 0 aliphatic carbocycles. The van der Waals surface area contributed by atoms with Crippen molar-refractivity contribution in [2.45, 2.75) is 0 Å². The summed E-state index contributed by atoms with van der Waals surface area (Å²) in [5.41, 5.74) is 2.86. The molecule has 0 saturated carbocycles. The van der Waals surface area contributed by atoms with E-state index >= 15 is 0 Å². The van der Waals surface area contributed by atoms with Crippen molar-refractivity contribution in [2.24, 2.45) is 0 Å². The fourth-order valence-electron chi connectivity index (χ4n) is 2.45. The Morgan fingerprint density at radius 2 is 1.25 bits per heavy atom. The van der Waals surface area contributed by atoms with Gasteiger partial charge in [-0.15, -0.1) is 0 Å². The molecule has 4 heteroatoms. The molecule has 0 nitrogen and oxygen atoms in total. The first-order valence-corrected chi connectivity index (χ1v) is 8.25. The van der Waals surface area contributed by atoms with Crippen LogP contribution >= 0.6 is 22.6 Å². The maximum Gasteiger partial charge on any atom is 0.140 e. The number of halogens is 4. The Morgan fingerprint density at radius 3 is 1.79 bits per heavy atom. The van der Waals surface area contributed by atoms with Crippen LogP contribution in [-0.2, 0) is 0 Å². The lowest BCUT2D eigenvalue weighted by Gasteiger charge is -2.09. The molecule has 0 unspecified atom stereocenters. The lowest BCUT2D eigenvalue weighted by molar-refractivity contribution is 0.571. The molecule has 0 fully saturated rings. The third-order valence-corrected chi connectivity index (χ3v) is 4.77. The Bertz CT molecular complexity index is 892. The van der Waals surface area contributed by atoms with Crippen molar-refractivity contribution < 1.29 is 13.2 Å². The summed E-state index contributed by atoms with van der Waals surface area (Å²) in [6, 6.07) is 14.4. The maximum absolute atomic E-state index is 14.5. The number of hydrogen-bond donors (Lipinski definition) is 0. The Balaban J connectivity index is 2.02. The summed E-state index contributed by atoms with van der Waals surface area (Å²) in [5, 5.41) is 0. The van der Waals surface area contributed by atoms with E-state index in [2.05, 4.69) is 6.58 Å². The largest absolute Gasteiger partial charge is 0.206 e. The molecule has 0 aliphatic heterocycles. The van der Waals surface area contributed by atoms with E-state index in [1.54, 1.807) is 34.7 Å².